The fourth-order valence-electron chi connectivity index (χ4n) is 4.12. The molecular formula is C28H32N6O3. The van der Waals surface area contributed by atoms with Crippen molar-refractivity contribution in [3.63, 3.8) is 0 Å². The number of amides is 2. The second-order valence-corrected chi connectivity index (χ2v) is 10.2. The molecule has 0 saturated carbocycles. The molecule has 0 aliphatic carbocycles. The van der Waals surface area contributed by atoms with E-state index in [1.165, 1.54) is 0 Å². The molecule has 2 amide bonds. The van der Waals surface area contributed by atoms with E-state index in [-0.39, 0.29) is 29.7 Å². The normalized spacial score (nSPS) is 11.5. The van der Waals surface area contributed by atoms with Crippen molar-refractivity contribution in [2.45, 2.75) is 26.2 Å². The van der Waals surface area contributed by atoms with Gasteiger partial charge in [0.15, 0.2) is 5.88 Å². The van der Waals surface area contributed by atoms with Crippen LogP contribution in [-0.4, -0.2) is 52.4 Å². The molecule has 0 unspecified atom stereocenters. The average molecular weight is 501 g/mol. The molecule has 2 aromatic carbocycles. The highest BCUT2D eigenvalue weighted by Gasteiger charge is 2.21. The number of carbonyl (C=O) groups is 2. The molecule has 0 radical (unpaired) electrons. The van der Waals surface area contributed by atoms with Crippen molar-refractivity contribution in [3.05, 3.63) is 72.1 Å². The van der Waals surface area contributed by atoms with E-state index in [1.807, 2.05) is 38.4 Å². The van der Waals surface area contributed by atoms with Crippen molar-refractivity contribution < 1.29 is 14.7 Å². The first kappa shape index (κ1) is 25.7. The molecule has 4 aromatic rings. The van der Waals surface area contributed by atoms with Crippen LogP contribution in [0.25, 0.3) is 10.8 Å². The summed E-state index contributed by atoms with van der Waals surface area (Å²) in [6.07, 6.45) is 3.29. The van der Waals surface area contributed by atoms with E-state index in [2.05, 4.69) is 46.7 Å². The van der Waals surface area contributed by atoms with Crippen LogP contribution in [0.1, 0.15) is 36.7 Å². The standard InChI is InChI=1S/C28H32N6O3/c1-28(2,3)21-12-11-17(14-23(21)32-24(35)16-34(4)5)31-27(37)19-9-7-13-29-25(19)33-22-10-6-8-18-20(22)15-30-26(18)36/h6-15,30,36H,16H2,1-5H3,(H,29,33)(H,31,37)(H,32,35). The first-order chi connectivity index (χ1) is 17.5. The molecule has 4 rings (SSSR count). The molecule has 0 aliphatic heterocycles. The van der Waals surface area contributed by atoms with E-state index in [4.69, 9.17) is 0 Å². The molecular weight excluding hydrogens is 468 g/mol. The van der Waals surface area contributed by atoms with Gasteiger partial charge < -0.3 is 30.9 Å². The summed E-state index contributed by atoms with van der Waals surface area (Å²) in [7, 11) is 3.67. The molecule has 0 bridgehead atoms. The molecule has 0 saturated heterocycles. The zero-order chi connectivity index (χ0) is 26.7. The molecule has 0 aliphatic rings. The Hall–Kier alpha value is -4.37. The molecule has 192 valence electrons. The Labute approximate surface area is 215 Å². The van der Waals surface area contributed by atoms with E-state index in [9.17, 15) is 14.7 Å². The summed E-state index contributed by atoms with van der Waals surface area (Å²) >= 11 is 0. The van der Waals surface area contributed by atoms with Crippen molar-refractivity contribution in [2.75, 3.05) is 36.6 Å². The van der Waals surface area contributed by atoms with Gasteiger partial charge in [-0.2, -0.15) is 0 Å². The largest absolute Gasteiger partial charge is 0.494 e. The summed E-state index contributed by atoms with van der Waals surface area (Å²) in [6, 6.07) is 14.4. The number of hydrogen-bond acceptors (Lipinski definition) is 6. The predicted octanol–water partition coefficient (Wildman–Crippen LogP) is 5.06. The fourth-order valence-corrected chi connectivity index (χ4v) is 4.12. The Morgan fingerprint density at radius 3 is 2.51 bits per heavy atom. The molecule has 0 atom stereocenters. The number of nitrogens with zero attached hydrogens (tertiary/aromatic N) is 2. The highest BCUT2D eigenvalue weighted by Crippen LogP contribution is 2.33. The number of pyridine rings is 1. The van der Waals surface area contributed by atoms with Crippen LogP contribution in [0.15, 0.2) is 60.9 Å². The number of aromatic nitrogens is 2. The molecule has 9 nitrogen and oxygen atoms in total. The van der Waals surface area contributed by atoms with Crippen LogP contribution in [0.4, 0.5) is 22.9 Å². The highest BCUT2D eigenvalue weighted by molar-refractivity contribution is 6.09. The zero-order valence-electron chi connectivity index (χ0n) is 21.6. The third-order valence-electron chi connectivity index (χ3n) is 5.84. The highest BCUT2D eigenvalue weighted by atomic mass is 16.3. The van der Waals surface area contributed by atoms with Crippen molar-refractivity contribution in [1.29, 1.82) is 0 Å². The summed E-state index contributed by atoms with van der Waals surface area (Å²) in [5.74, 6) is -0.0414. The van der Waals surface area contributed by atoms with E-state index in [0.717, 1.165) is 10.9 Å². The molecule has 37 heavy (non-hydrogen) atoms. The number of aromatic hydroxyl groups is 1. The quantitative estimate of drug-likeness (QED) is 0.242. The van der Waals surface area contributed by atoms with Crippen LogP contribution in [0.2, 0.25) is 0 Å². The monoisotopic (exact) mass is 500 g/mol. The topological polar surface area (TPSA) is 122 Å². The van der Waals surface area contributed by atoms with Crippen molar-refractivity contribution >= 4 is 45.5 Å². The summed E-state index contributed by atoms with van der Waals surface area (Å²) < 4.78 is 0. The molecule has 5 N–H and O–H groups in total. The molecule has 2 heterocycles. The smallest absolute Gasteiger partial charge is 0.259 e. The lowest BCUT2D eigenvalue weighted by Crippen LogP contribution is -2.28. The average Bonchev–Trinajstić information content (AvgIpc) is 3.20. The van der Waals surface area contributed by atoms with Gasteiger partial charge in [-0.05, 0) is 61.5 Å². The van der Waals surface area contributed by atoms with E-state index >= 15 is 0 Å². The number of nitrogens with one attached hydrogen (secondary N) is 4. The lowest BCUT2D eigenvalue weighted by Gasteiger charge is -2.24. The van der Waals surface area contributed by atoms with Crippen LogP contribution < -0.4 is 16.0 Å². The van der Waals surface area contributed by atoms with Crippen molar-refractivity contribution in [1.82, 2.24) is 14.9 Å². The summed E-state index contributed by atoms with van der Waals surface area (Å²) in [5.41, 5.74) is 2.99. The summed E-state index contributed by atoms with van der Waals surface area (Å²) in [4.78, 5) is 34.8. The van der Waals surface area contributed by atoms with E-state index in [0.29, 0.717) is 33.8 Å². The van der Waals surface area contributed by atoms with Gasteiger partial charge in [0.05, 0.1) is 12.1 Å². The van der Waals surface area contributed by atoms with Crippen LogP contribution >= 0.6 is 0 Å². The maximum Gasteiger partial charge on any atom is 0.259 e. The fraction of sp³-hybridized carbons (Fsp3) is 0.250. The van der Waals surface area contributed by atoms with Gasteiger partial charge in [-0.3, -0.25) is 9.59 Å². The Morgan fingerprint density at radius 1 is 1.00 bits per heavy atom. The van der Waals surface area contributed by atoms with Gasteiger partial charge in [0, 0.05) is 40.2 Å². The van der Waals surface area contributed by atoms with Crippen molar-refractivity contribution in [3.8, 4) is 5.88 Å². The van der Waals surface area contributed by atoms with Gasteiger partial charge >= 0.3 is 0 Å². The number of anilines is 4. The van der Waals surface area contributed by atoms with Crippen LogP contribution in [-0.2, 0) is 10.2 Å². The second-order valence-electron chi connectivity index (χ2n) is 10.2. The van der Waals surface area contributed by atoms with Gasteiger partial charge in [0.25, 0.3) is 5.91 Å². The Bertz CT molecular complexity index is 1450. The van der Waals surface area contributed by atoms with E-state index in [1.54, 1.807) is 41.6 Å². The Balaban J connectivity index is 1.61. The number of H-pyrrole nitrogens is 1. The maximum absolute atomic E-state index is 13.3. The first-order valence-electron chi connectivity index (χ1n) is 11.9. The Morgan fingerprint density at radius 2 is 1.78 bits per heavy atom. The first-order valence-corrected chi connectivity index (χ1v) is 11.9. The number of carbonyl (C=O) groups excluding carboxylic acids is 2. The molecule has 0 spiro atoms. The molecule has 0 fully saturated rings. The lowest BCUT2D eigenvalue weighted by molar-refractivity contribution is -0.116. The van der Waals surface area contributed by atoms with Gasteiger partial charge in [-0.25, -0.2) is 4.98 Å². The van der Waals surface area contributed by atoms with Gasteiger partial charge in [-0.15, -0.1) is 0 Å². The maximum atomic E-state index is 13.3. The van der Waals surface area contributed by atoms with Crippen molar-refractivity contribution in [2.24, 2.45) is 0 Å². The minimum Gasteiger partial charge on any atom is -0.494 e. The number of benzene rings is 2. The van der Waals surface area contributed by atoms with E-state index < -0.39 is 0 Å². The van der Waals surface area contributed by atoms with Gasteiger partial charge in [0.1, 0.15) is 5.82 Å². The zero-order valence-corrected chi connectivity index (χ0v) is 21.6. The third-order valence-corrected chi connectivity index (χ3v) is 5.84. The number of fused-ring (bicyclic) bond motifs is 1. The summed E-state index contributed by atoms with van der Waals surface area (Å²) in [6.45, 7) is 6.46. The lowest BCUT2D eigenvalue weighted by atomic mass is 9.85. The molecule has 2 aromatic heterocycles. The third kappa shape index (κ3) is 5.90. The van der Waals surface area contributed by atoms with Crippen LogP contribution in [0, 0.1) is 0 Å². The number of likely N-dealkylation sites (N-methyl/N-ethyl adjacent to an activating group) is 1. The van der Waals surface area contributed by atoms with Crippen LogP contribution in [0.3, 0.4) is 0 Å². The SMILES string of the molecule is CN(C)CC(=O)Nc1cc(NC(=O)c2cccnc2Nc2cccc3c(O)[nH]cc23)ccc1C(C)(C)C. The minimum atomic E-state index is -0.353. The Kier molecular flexibility index (Phi) is 7.17. The summed E-state index contributed by atoms with van der Waals surface area (Å²) in [5, 5.41) is 20.6. The van der Waals surface area contributed by atoms with Gasteiger partial charge in [0.2, 0.25) is 5.91 Å². The number of aromatic amines is 1. The van der Waals surface area contributed by atoms with Gasteiger partial charge in [-0.1, -0.05) is 32.9 Å². The second kappa shape index (κ2) is 10.3. The molecule has 9 heteroatoms. The minimum absolute atomic E-state index is 0.0739. The number of hydrogen-bond donors (Lipinski definition) is 5. The predicted molar refractivity (Wildman–Crippen MR) is 148 cm³/mol. The van der Waals surface area contributed by atoms with Crippen LogP contribution in [0.5, 0.6) is 5.88 Å². The number of rotatable bonds is 7.